The Morgan fingerprint density at radius 3 is 2.28 bits per heavy atom. The van der Waals surface area contributed by atoms with Crippen LogP contribution >= 0.6 is 11.6 Å². The average molecular weight is 469 g/mol. The van der Waals surface area contributed by atoms with Crippen LogP contribution in [0, 0.1) is 0 Å². The number of rotatable bonds is 4. The number of halogens is 2. The van der Waals surface area contributed by atoms with Crippen molar-refractivity contribution in [3.05, 3.63) is 65.0 Å². The van der Waals surface area contributed by atoms with Crippen molar-refractivity contribution in [3.8, 4) is 0 Å². The van der Waals surface area contributed by atoms with Crippen molar-refractivity contribution in [3.63, 3.8) is 0 Å². The molecule has 3 rings (SSSR count). The van der Waals surface area contributed by atoms with Gasteiger partial charge in [0.2, 0.25) is 0 Å². The molecule has 0 saturated carbocycles. The topological polar surface area (TPSA) is 21.6 Å². The number of quaternary nitrogens is 1. The van der Waals surface area contributed by atoms with E-state index in [1.54, 1.807) is 0 Å². The third-order valence-corrected chi connectivity index (χ3v) is 4.17. The first-order chi connectivity index (χ1) is 11.4. The van der Waals surface area contributed by atoms with Crippen LogP contribution in [0.2, 0.25) is 5.02 Å². The molecule has 0 bridgehead atoms. The molecule has 0 aliphatic heterocycles. The van der Waals surface area contributed by atoms with Crippen LogP contribution in [0.1, 0.15) is 0 Å². The fourth-order valence-corrected chi connectivity index (χ4v) is 2.76. The van der Waals surface area contributed by atoms with Crippen LogP contribution in [-0.4, -0.2) is 38.8 Å². The first-order valence-corrected chi connectivity index (χ1v) is 8.40. The van der Waals surface area contributed by atoms with Crippen LogP contribution in [0.4, 0.5) is 0 Å². The van der Waals surface area contributed by atoms with Crippen LogP contribution < -0.4 is 29.3 Å². The van der Waals surface area contributed by atoms with Gasteiger partial charge in [-0.2, -0.15) is 0 Å². The molecule has 0 N–H and O–H groups in total. The molecule has 3 nitrogen and oxygen atoms in total. The lowest BCUT2D eigenvalue weighted by atomic mass is 10.1. The highest BCUT2D eigenvalue weighted by Gasteiger charge is 2.06. The standard InChI is InChI=1S/C20H22ClN2O.HI/c1-23(2,3)12-13-24-22-20-18-7-5-4-6-15(18)8-9-16-10-11-17(21)14-19(16)20;/h4-11,14H,12-13H2,1-3H3;1H/q+1;/p-1/b22-20+;. The van der Waals surface area contributed by atoms with Gasteiger partial charge in [-0.25, -0.2) is 0 Å². The Bertz CT molecular complexity index is 951. The van der Waals surface area contributed by atoms with Gasteiger partial charge in [-0.1, -0.05) is 59.2 Å². The Morgan fingerprint density at radius 1 is 0.920 bits per heavy atom. The van der Waals surface area contributed by atoms with Crippen molar-refractivity contribution in [2.24, 2.45) is 5.16 Å². The van der Waals surface area contributed by atoms with Gasteiger partial charge in [-0.15, -0.1) is 0 Å². The number of benzene rings is 2. The van der Waals surface area contributed by atoms with Crippen molar-refractivity contribution in [2.45, 2.75) is 0 Å². The minimum absolute atomic E-state index is 0. The summed E-state index contributed by atoms with van der Waals surface area (Å²) in [4.78, 5) is 5.66. The quantitative estimate of drug-likeness (QED) is 0.244. The Kier molecular flexibility index (Phi) is 6.65. The molecule has 0 saturated heterocycles. The van der Waals surface area contributed by atoms with Gasteiger partial charge < -0.3 is 33.3 Å². The van der Waals surface area contributed by atoms with Gasteiger partial charge in [0.25, 0.3) is 0 Å². The monoisotopic (exact) mass is 468 g/mol. The average Bonchev–Trinajstić information content (AvgIpc) is 2.68. The summed E-state index contributed by atoms with van der Waals surface area (Å²) in [6.07, 6.45) is 0. The van der Waals surface area contributed by atoms with E-state index in [-0.39, 0.29) is 24.0 Å². The van der Waals surface area contributed by atoms with E-state index in [9.17, 15) is 0 Å². The lowest BCUT2D eigenvalue weighted by molar-refractivity contribution is -0.870. The molecule has 0 radical (unpaired) electrons. The molecule has 0 heterocycles. The summed E-state index contributed by atoms with van der Waals surface area (Å²) >= 11 is 6.22. The molecular weight excluding hydrogens is 447 g/mol. The second kappa shape index (κ2) is 8.34. The zero-order valence-electron chi connectivity index (χ0n) is 14.7. The lowest BCUT2D eigenvalue weighted by Gasteiger charge is -2.22. The van der Waals surface area contributed by atoms with Crippen LogP contribution in [0.15, 0.2) is 59.8 Å². The summed E-state index contributed by atoms with van der Waals surface area (Å²) < 4.78 is 0.839. The minimum Gasteiger partial charge on any atom is -1.00 e. The number of fused-ring (bicyclic) bond motifs is 2. The molecule has 0 spiro atoms. The van der Waals surface area contributed by atoms with Crippen LogP contribution in [0.25, 0.3) is 21.5 Å². The Labute approximate surface area is 170 Å². The SMILES string of the molecule is C[N+](C)(C)CCO/N=c1\c2ccccc2ccc2ccc(Cl)cc12.[I-]. The predicted octanol–water partition coefficient (Wildman–Crippen LogP) is 1.19. The van der Waals surface area contributed by atoms with Crippen molar-refractivity contribution in [1.29, 1.82) is 0 Å². The van der Waals surface area contributed by atoms with E-state index < -0.39 is 0 Å². The smallest absolute Gasteiger partial charge is 0.165 e. The second-order valence-corrected chi connectivity index (χ2v) is 7.38. The molecule has 0 atom stereocenters. The van der Waals surface area contributed by atoms with Crippen LogP contribution in [0.3, 0.4) is 0 Å². The number of likely N-dealkylation sites (N-methyl/N-ethyl adjacent to an activating group) is 1. The number of hydrogen-bond donors (Lipinski definition) is 0. The van der Waals surface area contributed by atoms with E-state index in [2.05, 4.69) is 50.6 Å². The molecule has 0 fully saturated rings. The fourth-order valence-electron chi connectivity index (χ4n) is 2.58. The van der Waals surface area contributed by atoms with E-state index in [1.807, 2.05) is 30.3 Å². The van der Waals surface area contributed by atoms with Gasteiger partial charge in [0, 0.05) is 15.8 Å². The summed E-state index contributed by atoms with van der Waals surface area (Å²) in [7, 11) is 6.41. The van der Waals surface area contributed by atoms with E-state index in [0.29, 0.717) is 11.6 Å². The summed E-state index contributed by atoms with van der Waals surface area (Å²) in [5, 5.41) is 10.3. The van der Waals surface area contributed by atoms with E-state index in [4.69, 9.17) is 16.4 Å². The first-order valence-electron chi connectivity index (χ1n) is 8.02. The van der Waals surface area contributed by atoms with Gasteiger partial charge in [0.05, 0.1) is 21.1 Å². The van der Waals surface area contributed by atoms with E-state index in [0.717, 1.165) is 37.9 Å². The van der Waals surface area contributed by atoms with Gasteiger partial charge in [-0.05, 0) is 22.9 Å². The van der Waals surface area contributed by atoms with Crippen LogP contribution in [0.5, 0.6) is 0 Å². The third kappa shape index (κ3) is 5.06. The zero-order valence-corrected chi connectivity index (χ0v) is 17.6. The number of nitrogens with zero attached hydrogens (tertiary/aromatic N) is 2. The number of hydrogen-bond acceptors (Lipinski definition) is 2. The molecule has 3 aromatic rings. The highest BCUT2D eigenvalue weighted by molar-refractivity contribution is 6.31. The Morgan fingerprint density at radius 2 is 1.56 bits per heavy atom. The molecule has 0 amide bonds. The highest BCUT2D eigenvalue weighted by atomic mass is 127. The predicted molar refractivity (Wildman–Crippen MR) is 101 cm³/mol. The van der Waals surface area contributed by atoms with E-state index in [1.165, 1.54) is 0 Å². The fraction of sp³-hybridized carbons (Fsp3) is 0.250. The largest absolute Gasteiger partial charge is 1.00 e. The van der Waals surface area contributed by atoms with Gasteiger partial charge >= 0.3 is 0 Å². The maximum Gasteiger partial charge on any atom is 0.165 e. The second-order valence-electron chi connectivity index (χ2n) is 6.94. The molecule has 0 aliphatic rings. The zero-order chi connectivity index (χ0) is 17.2. The molecule has 5 heteroatoms. The first kappa shape index (κ1) is 19.9. The van der Waals surface area contributed by atoms with Crippen molar-refractivity contribution < 1.29 is 33.3 Å². The van der Waals surface area contributed by atoms with E-state index >= 15 is 0 Å². The van der Waals surface area contributed by atoms with Crippen molar-refractivity contribution in [1.82, 2.24) is 0 Å². The Hall–Kier alpha value is -1.37. The maximum absolute atomic E-state index is 6.22. The van der Waals surface area contributed by atoms with Crippen LogP contribution in [-0.2, 0) is 4.84 Å². The summed E-state index contributed by atoms with van der Waals surface area (Å²) in [5.41, 5.74) is 0. The molecule has 132 valence electrons. The molecule has 0 aromatic heterocycles. The van der Waals surface area contributed by atoms with Gasteiger partial charge in [0.15, 0.2) is 6.61 Å². The summed E-state index contributed by atoms with van der Waals surface area (Å²) in [6.45, 7) is 1.46. The third-order valence-electron chi connectivity index (χ3n) is 3.94. The summed E-state index contributed by atoms with van der Waals surface area (Å²) in [6, 6.07) is 18.3. The van der Waals surface area contributed by atoms with Gasteiger partial charge in [-0.3, -0.25) is 0 Å². The molecule has 0 aliphatic carbocycles. The maximum atomic E-state index is 6.22. The molecule has 0 unspecified atom stereocenters. The molecule has 3 aromatic carbocycles. The lowest BCUT2D eigenvalue weighted by Crippen LogP contribution is -3.00. The summed E-state index contributed by atoms with van der Waals surface area (Å²) in [5.74, 6) is 0. The van der Waals surface area contributed by atoms with Gasteiger partial charge in [0.1, 0.15) is 11.9 Å². The van der Waals surface area contributed by atoms with Crippen molar-refractivity contribution >= 4 is 33.1 Å². The Balaban J connectivity index is 0.00000225. The molecular formula is C20H22ClIN2O. The minimum atomic E-state index is 0. The van der Waals surface area contributed by atoms with Crippen molar-refractivity contribution in [2.75, 3.05) is 34.3 Å². The molecule has 25 heavy (non-hydrogen) atoms. The normalized spacial score (nSPS) is 12.2. The highest BCUT2D eigenvalue weighted by Crippen LogP contribution is 2.19.